The summed E-state index contributed by atoms with van der Waals surface area (Å²) in [5.74, 6) is 1.69. The highest BCUT2D eigenvalue weighted by Crippen LogP contribution is 2.16. The van der Waals surface area contributed by atoms with E-state index >= 15 is 0 Å². The van der Waals surface area contributed by atoms with Gasteiger partial charge >= 0.3 is 6.03 Å². The Balaban J connectivity index is 2.02. The molecule has 0 aliphatic carbocycles. The number of nitrogens with zero attached hydrogens (tertiary/aromatic N) is 1. The van der Waals surface area contributed by atoms with Gasteiger partial charge < -0.3 is 14.6 Å². The van der Waals surface area contributed by atoms with Gasteiger partial charge in [0.25, 0.3) is 0 Å². The molecule has 0 aliphatic heterocycles. The molecule has 124 valence electrons. The summed E-state index contributed by atoms with van der Waals surface area (Å²) in [6, 6.07) is 9.51. The van der Waals surface area contributed by atoms with Crippen molar-refractivity contribution in [3.63, 3.8) is 0 Å². The van der Waals surface area contributed by atoms with Crippen molar-refractivity contribution in [3.05, 3.63) is 58.0 Å². The van der Waals surface area contributed by atoms with Crippen LogP contribution in [0.2, 0.25) is 5.02 Å². The molecule has 0 bridgehead atoms. The number of carbonyl (C=O) groups excluding carboxylic acids is 1. The van der Waals surface area contributed by atoms with E-state index in [-0.39, 0.29) is 12.1 Å². The Morgan fingerprint density at radius 1 is 1.30 bits per heavy atom. The lowest BCUT2D eigenvalue weighted by molar-refractivity contribution is 0.179. The number of furan rings is 1. The molecule has 1 N–H and O–H groups in total. The van der Waals surface area contributed by atoms with Gasteiger partial charge in [0.15, 0.2) is 0 Å². The maximum atomic E-state index is 12.5. The minimum Gasteiger partial charge on any atom is -0.466 e. The molecule has 0 atom stereocenters. The van der Waals surface area contributed by atoms with Gasteiger partial charge in [0.05, 0.1) is 0 Å². The van der Waals surface area contributed by atoms with E-state index in [1.54, 1.807) is 4.90 Å². The van der Waals surface area contributed by atoms with Crippen molar-refractivity contribution in [3.8, 4) is 0 Å². The first kappa shape index (κ1) is 17.4. The molecule has 0 fully saturated rings. The van der Waals surface area contributed by atoms with E-state index in [1.165, 1.54) is 0 Å². The smallest absolute Gasteiger partial charge is 0.318 e. The molecule has 2 amide bonds. The van der Waals surface area contributed by atoms with Gasteiger partial charge in [-0.25, -0.2) is 4.79 Å². The fourth-order valence-corrected chi connectivity index (χ4v) is 2.67. The average Bonchev–Trinajstić information content (AvgIpc) is 2.80. The second-order valence-electron chi connectivity index (χ2n) is 5.95. The van der Waals surface area contributed by atoms with E-state index < -0.39 is 0 Å². The number of hydrogen-bond donors (Lipinski definition) is 1. The molecule has 4 nitrogen and oxygen atoms in total. The van der Waals surface area contributed by atoms with Crippen molar-refractivity contribution >= 4 is 17.6 Å². The molecule has 5 heteroatoms. The topological polar surface area (TPSA) is 45.5 Å². The summed E-state index contributed by atoms with van der Waals surface area (Å²) in [7, 11) is 0. The lowest BCUT2D eigenvalue weighted by atomic mass is 10.2. The van der Waals surface area contributed by atoms with Crippen LogP contribution in [0.25, 0.3) is 0 Å². The molecule has 0 saturated heterocycles. The van der Waals surface area contributed by atoms with Crippen LogP contribution in [-0.2, 0) is 13.1 Å². The lowest BCUT2D eigenvalue weighted by Gasteiger charge is -2.27. The van der Waals surface area contributed by atoms with Gasteiger partial charge in [-0.2, -0.15) is 0 Å². The first-order chi connectivity index (χ1) is 10.9. The van der Waals surface area contributed by atoms with Crippen LogP contribution < -0.4 is 5.32 Å². The second-order valence-corrected chi connectivity index (χ2v) is 6.39. The van der Waals surface area contributed by atoms with Gasteiger partial charge in [-0.05, 0) is 51.5 Å². The van der Waals surface area contributed by atoms with E-state index in [4.69, 9.17) is 16.0 Å². The third-order valence-corrected chi connectivity index (χ3v) is 3.94. The molecule has 2 aromatic rings. The quantitative estimate of drug-likeness (QED) is 0.863. The number of nitrogens with one attached hydrogen (secondary N) is 1. The first-order valence-electron chi connectivity index (χ1n) is 7.71. The maximum Gasteiger partial charge on any atom is 0.318 e. The average molecular weight is 335 g/mol. The second kappa shape index (κ2) is 7.55. The fraction of sp³-hybridized carbons (Fsp3) is 0.389. The molecule has 1 aromatic carbocycles. The van der Waals surface area contributed by atoms with Gasteiger partial charge in [-0.3, -0.25) is 0 Å². The molecule has 0 radical (unpaired) electrons. The predicted molar refractivity (Wildman–Crippen MR) is 92.5 cm³/mol. The van der Waals surface area contributed by atoms with Crippen molar-refractivity contribution in [2.75, 3.05) is 0 Å². The monoisotopic (exact) mass is 334 g/mol. The Bertz CT molecular complexity index is 679. The van der Waals surface area contributed by atoms with Crippen LogP contribution in [0.1, 0.15) is 36.5 Å². The Morgan fingerprint density at radius 2 is 2.04 bits per heavy atom. The van der Waals surface area contributed by atoms with Gasteiger partial charge in [0, 0.05) is 29.7 Å². The van der Waals surface area contributed by atoms with Crippen LogP contribution in [0.3, 0.4) is 0 Å². The number of halogens is 1. The van der Waals surface area contributed by atoms with Crippen LogP contribution in [0.15, 0.2) is 34.7 Å². The number of rotatable bonds is 5. The predicted octanol–water partition coefficient (Wildman–Crippen LogP) is 4.67. The summed E-state index contributed by atoms with van der Waals surface area (Å²) in [4.78, 5) is 14.3. The molecule has 0 saturated carbocycles. The van der Waals surface area contributed by atoms with E-state index in [0.717, 1.165) is 22.6 Å². The van der Waals surface area contributed by atoms with Gasteiger partial charge in [-0.15, -0.1) is 0 Å². The van der Waals surface area contributed by atoms with Crippen molar-refractivity contribution < 1.29 is 9.21 Å². The minimum absolute atomic E-state index is 0.0844. The molecule has 0 spiro atoms. The van der Waals surface area contributed by atoms with Crippen molar-refractivity contribution in [1.29, 1.82) is 0 Å². The number of amides is 2. The minimum atomic E-state index is -0.0989. The van der Waals surface area contributed by atoms with Crippen LogP contribution >= 0.6 is 11.6 Å². The molecule has 23 heavy (non-hydrogen) atoms. The number of benzene rings is 1. The van der Waals surface area contributed by atoms with Crippen LogP contribution in [-0.4, -0.2) is 17.0 Å². The molecule has 1 aromatic heterocycles. The number of aryl methyl sites for hydroxylation is 2. The van der Waals surface area contributed by atoms with Crippen LogP contribution in [0.5, 0.6) is 0 Å². The number of hydrogen-bond acceptors (Lipinski definition) is 2. The van der Waals surface area contributed by atoms with E-state index in [9.17, 15) is 4.79 Å². The molecule has 1 heterocycles. The fourth-order valence-electron chi connectivity index (χ4n) is 2.45. The van der Waals surface area contributed by atoms with Crippen molar-refractivity contribution in [2.45, 2.75) is 46.8 Å². The third kappa shape index (κ3) is 4.76. The highest BCUT2D eigenvalue weighted by atomic mass is 35.5. The normalized spacial score (nSPS) is 10.9. The van der Waals surface area contributed by atoms with Crippen LogP contribution in [0, 0.1) is 13.8 Å². The highest BCUT2D eigenvalue weighted by Gasteiger charge is 2.18. The summed E-state index contributed by atoms with van der Waals surface area (Å²) in [5, 5.41) is 3.64. The summed E-state index contributed by atoms with van der Waals surface area (Å²) in [5.41, 5.74) is 2.01. The molecule has 2 rings (SSSR count). The molecule has 0 aliphatic rings. The zero-order valence-corrected chi connectivity index (χ0v) is 14.8. The van der Waals surface area contributed by atoms with Crippen molar-refractivity contribution in [1.82, 2.24) is 10.2 Å². The van der Waals surface area contributed by atoms with Crippen molar-refractivity contribution in [2.24, 2.45) is 0 Å². The van der Waals surface area contributed by atoms with Gasteiger partial charge in [0.1, 0.15) is 11.5 Å². The Labute approximate surface area is 142 Å². The Kier molecular flexibility index (Phi) is 5.72. The summed E-state index contributed by atoms with van der Waals surface area (Å²) in [6.45, 7) is 8.78. The standard InChI is InChI=1S/C18H23ClN2O2/c1-12(2)21(11-15-6-5-7-17(19)9-15)18(22)20-10-16-8-13(3)23-14(16)4/h5-9,12H,10-11H2,1-4H3,(H,20,22). The van der Waals surface area contributed by atoms with Gasteiger partial charge in [0.2, 0.25) is 0 Å². The molecular weight excluding hydrogens is 312 g/mol. The Morgan fingerprint density at radius 3 is 2.61 bits per heavy atom. The van der Waals surface area contributed by atoms with E-state index in [2.05, 4.69) is 5.32 Å². The van der Waals surface area contributed by atoms with E-state index in [1.807, 2.05) is 58.0 Å². The third-order valence-electron chi connectivity index (χ3n) is 3.70. The summed E-state index contributed by atoms with van der Waals surface area (Å²) >= 11 is 6.02. The number of carbonyl (C=O) groups is 1. The largest absolute Gasteiger partial charge is 0.466 e. The van der Waals surface area contributed by atoms with E-state index in [0.29, 0.717) is 18.1 Å². The Hall–Kier alpha value is -1.94. The highest BCUT2D eigenvalue weighted by molar-refractivity contribution is 6.30. The SMILES string of the molecule is Cc1cc(CNC(=O)N(Cc2cccc(Cl)c2)C(C)C)c(C)o1. The maximum absolute atomic E-state index is 12.5. The van der Waals surface area contributed by atoms with Gasteiger partial charge in [-0.1, -0.05) is 23.7 Å². The lowest BCUT2D eigenvalue weighted by Crippen LogP contribution is -2.43. The first-order valence-corrected chi connectivity index (χ1v) is 8.09. The zero-order valence-electron chi connectivity index (χ0n) is 14.0. The summed E-state index contributed by atoms with van der Waals surface area (Å²) < 4.78 is 5.48. The summed E-state index contributed by atoms with van der Waals surface area (Å²) in [6.07, 6.45) is 0. The number of urea groups is 1. The molecular formula is C18H23ClN2O2. The van der Waals surface area contributed by atoms with Crippen LogP contribution in [0.4, 0.5) is 4.79 Å². The zero-order chi connectivity index (χ0) is 17.0. The molecule has 0 unspecified atom stereocenters.